The van der Waals surface area contributed by atoms with E-state index in [1.165, 1.54) is 6.42 Å². The Bertz CT molecular complexity index is 660. The van der Waals surface area contributed by atoms with Crippen LogP contribution in [0.25, 0.3) is 6.08 Å². The van der Waals surface area contributed by atoms with Crippen molar-refractivity contribution < 1.29 is 9.53 Å². The molecular weight excluding hydrogens is 304 g/mol. The second-order valence-corrected chi connectivity index (χ2v) is 6.04. The van der Waals surface area contributed by atoms with Crippen molar-refractivity contribution in [1.82, 2.24) is 0 Å². The summed E-state index contributed by atoms with van der Waals surface area (Å²) in [7, 11) is 0. The molecule has 0 spiro atoms. The summed E-state index contributed by atoms with van der Waals surface area (Å²) in [6.45, 7) is 8.00. The highest BCUT2D eigenvalue weighted by Gasteiger charge is 2.36. The molecule has 2 heterocycles. The number of cyclic esters (lactones) is 1. The normalized spacial score (nSPS) is 25.2. The highest BCUT2D eigenvalue weighted by Crippen LogP contribution is 2.45. The van der Waals surface area contributed by atoms with Crippen LogP contribution >= 0.6 is 11.3 Å². The molecule has 0 bridgehead atoms. The zero-order chi connectivity index (χ0) is 16.8. The summed E-state index contributed by atoms with van der Waals surface area (Å²) >= 11 is 1.61. The molecule has 2 unspecified atom stereocenters. The lowest BCUT2D eigenvalue weighted by Gasteiger charge is -2.05. The van der Waals surface area contributed by atoms with Crippen molar-refractivity contribution in [2.75, 3.05) is 0 Å². The molecule has 1 aliphatic heterocycles. The summed E-state index contributed by atoms with van der Waals surface area (Å²) in [4.78, 5) is 12.9. The lowest BCUT2D eigenvalue weighted by Crippen LogP contribution is -1.99. The van der Waals surface area contributed by atoms with E-state index in [1.54, 1.807) is 11.3 Å². The highest BCUT2D eigenvalue weighted by atomic mass is 32.1. The van der Waals surface area contributed by atoms with E-state index >= 15 is 0 Å². The minimum Gasteiger partial charge on any atom is -0.422 e. The molecule has 3 aliphatic rings. The quantitative estimate of drug-likeness (QED) is 0.510. The zero-order valence-electron chi connectivity index (χ0n) is 14.2. The number of rotatable bonds is 2. The molecule has 2 atom stereocenters. The van der Waals surface area contributed by atoms with Crippen LogP contribution in [0.2, 0.25) is 0 Å². The van der Waals surface area contributed by atoms with Gasteiger partial charge in [-0.25, -0.2) is 4.79 Å². The fraction of sp³-hybridized carbons (Fsp3) is 0.350. The van der Waals surface area contributed by atoms with E-state index in [4.69, 9.17) is 4.74 Å². The molecule has 0 amide bonds. The number of thiophene rings is 1. The first-order valence-electron chi connectivity index (χ1n) is 8.39. The Morgan fingerprint density at radius 3 is 2.65 bits per heavy atom. The molecule has 122 valence electrons. The maximum atomic E-state index is 11.9. The molecule has 4 rings (SSSR count). The van der Waals surface area contributed by atoms with E-state index in [-0.39, 0.29) is 5.97 Å². The van der Waals surface area contributed by atoms with Crippen molar-refractivity contribution in [3.8, 4) is 0 Å². The van der Waals surface area contributed by atoms with Gasteiger partial charge >= 0.3 is 5.97 Å². The van der Waals surface area contributed by atoms with Crippen LogP contribution in [0.5, 0.6) is 0 Å². The molecule has 2 aliphatic carbocycles. The van der Waals surface area contributed by atoms with Crippen molar-refractivity contribution in [3.63, 3.8) is 0 Å². The molecule has 2 nitrogen and oxygen atoms in total. The van der Waals surface area contributed by atoms with Gasteiger partial charge in [0.1, 0.15) is 5.76 Å². The molecule has 1 aromatic rings. The summed E-state index contributed by atoms with van der Waals surface area (Å²) in [6, 6.07) is 3.97. The lowest BCUT2D eigenvalue weighted by atomic mass is 10.1. The molecule has 23 heavy (non-hydrogen) atoms. The predicted octanol–water partition coefficient (Wildman–Crippen LogP) is 5.76. The van der Waals surface area contributed by atoms with Gasteiger partial charge in [-0.05, 0) is 41.9 Å². The van der Waals surface area contributed by atoms with Gasteiger partial charge in [0.05, 0.1) is 5.57 Å². The van der Waals surface area contributed by atoms with E-state index in [0.29, 0.717) is 17.3 Å². The smallest absolute Gasteiger partial charge is 0.343 e. The van der Waals surface area contributed by atoms with Crippen LogP contribution < -0.4 is 0 Å². The summed E-state index contributed by atoms with van der Waals surface area (Å²) in [5.74, 6) is 1.82. The Labute approximate surface area is 142 Å². The van der Waals surface area contributed by atoms with Crippen molar-refractivity contribution in [1.29, 1.82) is 0 Å². The number of carbonyl (C=O) groups is 1. The third-order valence-electron chi connectivity index (χ3n) is 3.66. The molecule has 0 aromatic carbocycles. The minimum atomic E-state index is -0.254. The van der Waals surface area contributed by atoms with Crippen LogP contribution in [-0.4, -0.2) is 5.97 Å². The van der Waals surface area contributed by atoms with Gasteiger partial charge in [0.25, 0.3) is 0 Å². The van der Waals surface area contributed by atoms with Crippen molar-refractivity contribution in [2.24, 2.45) is 11.8 Å². The average Bonchev–Trinajstić information content (AvgIpc) is 3.02. The van der Waals surface area contributed by atoms with Crippen molar-refractivity contribution in [3.05, 3.63) is 63.6 Å². The monoisotopic (exact) mass is 328 g/mol. The van der Waals surface area contributed by atoms with Crippen LogP contribution in [0, 0.1) is 11.8 Å². The van der Waals surface area contributed by atoms with Gasteiger partial charge in [-0.1, -0.05) is 52.0 Å². The van der Waals surface area contributed by atoms with Gasteiger partial charge in [0, 0.05) is 10.5 Å². The maximum Gasteiger partial charge on any atom is 0.343 e. The fourth-order valence-electron chi connectivity index (χ4n) is 2.48. The van der Waals surface area contributed by atoms with Crippen LogP contribution in [0.3, 0.4) is 0 Å². The highest BCUT2D eigenvalue weighted by molar-refractivity contribution is 7.10. The van der Waals surface area contributed by atoms with Crippen LogP contribution in [0.15, 0.2) is 58.7 Å². The van der Waals surface area contributed by atoms with Gasteiger partial charge in [-0.3, -0.25) is 0 Å². The molecular formula is C20H24O2S. The number of esters is 1. The molecule has 0 saturated heterocycles. The average molecular weight is 328 g/mol. The Hall–Kier alpha value is -1.87. The largest absolute Gasteiger partial charge is 0.422 e. The number of carbonyl (C=O) groups excluding carboxylic acids is 1. The SMILES string of the molecule is CC.CC.O=C1OC(C2=CC3CC3C=C2)=C/C1=C/c1cccs1. The van der Waals surface area contributed by atoms with Gasteiger partial charge in [-0.2, -0.15) is 0 Å². The first-order chi connectivity index (χ1) is 11.3. The van der Waals surface area contributed by atoms with E-state index in [9.17, 15) is 4.79 Å². The van der Waals surface area contributed by atoms with Gasteiger partial charge in [-0.15, -0.1) is 11.3 Å². The molecule has 1 aromatic heterocycles. The molecule has 0 N–H and O–H groups in total. The Balaban J connectivity index is 0.000000448. The standard InChI is InChI=1S/C16H12O2S.2C2H6/c17-16-13(8-14-2-1-5-19-14)9-15(18-16)11-4-3-10-6-12(10)7-11;2*1-2/h1-5,7-10,12H,6H2;2*1-2H3/b13-8-;;. The summed E-state index contributed by atoms with van der Waals surface area (Å²) in [5.41, 5.74) is 1.67. The van der Waals surface area contributed by atoms with Crippen molar-refractivity contribution in [2.45, 2.75) is 34.1 Å². The lowest BCUT2D eigenvalue weighted by molar-refractivity contribution is -0.132. The first-order valence-corrected chi connectivity index (χ1v) is 9.27. The number of hydrogen-bond acceptors (Lipinski definition) is 3. The van der Waals surface area contributed by atoms with Crippen LogP contribution in [-0.2, 0) is 9.53 Å². The van der Waals surface area contributed by atoms with Gasteiger partial charge in [0.15, 0.2) is 0 Å². The molecule has 1 saturated carbocycles. The topological polar surface area (TPSA) is 26.3 Å². The van der Waals surface area contributed by atoms with Gasteiger partial charge in [0.2, 0.25) is 0 Å². The maximum absolute atomic E-state index is 11.9. The fourth-order valence-corrected chi connectivity index (χ4v) is 3.15. The number of hydrogen-bond donors (Lipinski definition) is 0. The van der Waals surface area contributed by atoms with E-state index in [0.717, 1.165) is 16.4 Å². The van der Waals surface area contributed by atoms with Crippen LogP contribution in [0.4, 0.5) is 0 Å². The Kier molecular flexibility index (Phi) is 6.17. The molecule has 1 fully saturated rings. The summed E-state index contributed by atoms with van der Waals surface area (Å²) in [6.07, 6.45) is 11.5. The molecule has 0 radical (unpaired) electrons. The molecule has 3 heteroatoms. The third kappa shape index (κ3) is 4.11. The predicted molar refractivity (Wildman–Crippen MR) is 98.0 cm³/mol. The van der Waals surface area contributed by atoms with Gasteiger partial charge < -0.3 is 4.74 Å². The Morgan fingerprint density at radius 2 is 2.00 bits per heavy atom. The summed E-state index contributed by atoms with van der Waals surface area (Å²) in [5, 5.41) is 2.00. The third-order valence-corrected chi connectivity index (χ3v) is 4.48. The number of fused-ring (bicyclic) bond motifs is 1. The second kappa shape index (κ2) is 8.11. The zero-order valence-corrected chi connectivity index (χ0v) is 15.0. The Morgan fingerprint density at radius 1 is 1.22 bits per heavy atom. The number of allylic oxidation sites excluding steroid dienone is 3. The number of ether oxygens (including phenoxy) is 1. The van der Waals surface area contributed by atoms with Crippen molar-refractivity contribution >= 4 is 23.4 Å². The first kappa shape index (κ1) is 17.5. The summed E-state index contributed by atoms with van der Waals surface area (Å²) < 4.78 is 5.37. The van der Waals surface area contributed by atoms with E-state index in [1.807, 2.05) is 57.4 Å². The second-order valence-electron chi connectivity index (χ2n) is 5.06. The van der Waals surface area contributed by atoms with E-state index < -0.39 is 0 Å². The van der Waals surface area contributed by atoms with Crippen LogP contribution in [0.1, 0.15) is 39.0 Å². The minimum absolute atomic E-state index is 0.254. The van der Waals surface area contributed by atoms with E-state index in [2.05, 4.69) is 18.2 Å².